The van der Waals surface area contributed by atoms with E-state index < -0.39 is 22.8 Å². The van der Waals surface area contributed by atoms with Crippen molar-refractivity contribution in [1.29, 1.82) is 0 Å². The van der Waals surface area contributed by atoms with Crippen molar-refractivity contribution >= 4 is 35.3 Å². The van der Waals surface area contributed by atoms with E-state index in [2.05, 4.69) is 5.32 Å². The first-order valence-electron chi connectivity index (χ1n) is 7.70. The van der Waals surface area contributed by atoms with Crippen molar-refractivity contribution in [3.63, 3.8) is 0 Å². The summed E-state index contributed by atoms with van der Waals surface area (Å²) in [6, 6.07) is 10.6. The van der Waals surface area contributed by atoms with Crippen LogP contribution in [0.15, 0.2) is 54.1 Å². The fourth-order valence-electron chi connectivity index (χ4n) is 2.48. The molecule has 136 valence electrons. The van der Waals surface area contributed by atoms with E-state index in [1.807, 2.05) is 0 Å². The number of urea groups is 1. The largest absolute Gasteiger partial charge is 0.497 e. The molecule has 4 amide bonds. The van der Waals surface area contributed by atoms with Gasteiger partial charge in [0.15, 0.2) is 0 Å². The molecule has 1 aliphatic heterocycles. The van der Waals surface area contributed by atoms with Gasteiger partial charge < -0.3 is 4.74 Å². The molecule has 0 aromatic heterocycles. The molecule has 0 saturated carbocycles. The van der Waals surface area contributed by atoms with Crippen LogP contribution in [0.1, 0.15) is 5.56 Å². The number of ether oxygens (including phenoxy) is 1. The molecule has 9 nitrogen and oxygen atoms in total. The zero-order valence-electron chi connectivity index (χ0n) is 14.0. The summed E-state index contributed by atoms with van der Waals surface area (Å²) < 4.78 is 5.04. The normalized spacial score (nSPS) is 15.7. The zero-order chi connectivity index (χ0) is 19.6. The van der Waals surface area contributed by atoms with E-state index in [0.717, 1.165) is 4.90 Å². The fraction of sp³-hybridized carbons (Fsp3) is 0.0556. The highest BCUT2D eigenvalue weighted by Gasteiger charge is 2.36. The van der Waals surface area contributed by atoms with Crippen molar-refractivity contribution in [3.8, 4) is 5.75 Å². The summed E-state index contributed by atoms with van der Waals surface area (Å²) in [5, 5.41) is 12.8. The number of hydrogen-bond donors (Lipinski definition) is 1. The Morgan fingerprint density at radius 2 is 1.67 bits per heavy atom. The van der Waals surface area contributed by atoms with Crippen LogP contribution in [0.3, 0.4) is 0 Å². The third-order valence-corrected chi connectivity index (χ3v) is 3.85. The molecule has 1 aliphatic rings. The second-order valence-corrected chi connectivity index (χ2v) is 5.50. The number of methoxy groups -OCH3 is 1. The fourth-order valence-corrected chi connectivity index (χ4v) is 2.48. The van der Waals surface area contributed by atoms with E-state index in [9.17, 15) is 24.5 Å². The number of imide groups is 2. The minimum Gasteiger partial charge on any atom is -0.497 e. The Bertz CT molecular complexity index is 964. The maximum atomic E-state index is 12.7. The van der Waals surface area contributed by atoms with Crippen LogP contribution in [0, 0.1) is 10.1 Å². The van der Waals surface area contributed by atoms with E-state index in [-0.39, 0.29) is 16.9 Å². The first-order valence-corrected chi connectivity index (χ1v) is 7.70. The van der Waals surface area contributed by atoms with Crippen molar-refractivity contribution in [2.45, 2.75) is 0 Å². The maximum Gasteiger partial charge on any atom is 0.335 e. The Kier molecular flexibility index (Phi) is 4.67. The number of nitro benzene ring substituents is 1. The molecular formula is C18H13N3O6. The highest BCUT2D eigenvalue weighted by atomic mass is 16.6. The lowest BCUT2D eigenvalue weighted by molar-refractivity contribution is -0.384. The number of carbonyl (C=O) groups excluding carboxylic acids is 3. The molecule has 3 rings (SSSR count). The molecule has 0 radical (unpaired) electrons. The first kappa shape index (κ1) is 17.8. The minimum absolute atomic E-state index is 0.119. The molecule has 1 heterocycles. The average Bonchev–Trinajstić information content (AvgIpc) is 2.66. The van der Waals surface area contributed by atoms with Gasteiger partial charge in [0.2, 0.25) is 0 Å². The second-order valence-electron chi connectivity index (χ2n) is 5.50. The number of anilines is 1. The molecule has 1 N–H and O–H groups in total. The average molecular weight is 367 g/mol. The number of benzene rings is 2. The van der Waals surface area contributed by atoms with Crippen LogP contribution in [0.4, 0.5) is 16.2 Å². The Morgan fingerprint density at radius 1 is 1.04 bits per heavy atom. The number of barbiturate groups is 1. The number of hydrogen-bond acceptors (Lipinski definition) is 6. The van der Waals surface area contributed by atoms with E-state index in [4.69, 9.17) is 4.74 Å². The molecule has 0 bridgehead atoms. The lowest BCUT2D eigenvalue weighted by atomic mass is 10.1. The van der Waals surface area contributed by atoms with Crippen LogP contribution >= 0.6 is 0 Å². The van der Waals surface area contributed by atoms with Gasteiger partial charge in [-0.15, -0.1) is 0 Å². The number of nitrogens with one attached hydrogen (secondary N) is 1. The van der Waals surface area contributed by atoms with Gasteiger partial charge in [-0.05, 0) is 48.0 Å². The second kappa shape index (κ2) is 7.08. The van der Waals surface area contributed by atoms with Gasteiger partial charge in [0.05, 0.1) is 17.7 Å². The molecule has 0 atom stereocenters. The molecule has 2 aromatic rings. The number of rotatable bonds is 4. The molecule has 2 aromatic carbocycles. The predicted molar refractivity (Wildman–Crippen MR) is 95.1 cm³/mol. The number of amides is 4. The standard InChI is InChI=1S/C18H13N3O6/c1-27-14-8-6-12(7-9-14)20-17(23)15(16(22)19-18(20)24)10-11-2-4-13(5-3-11)21(25)26/h2-10H,1H3,(H,19,22,24)/b15-10+. The van der Waals surface area contributed by atoms with Crippen LogP contribution in [-0.2, 0) is 9.59 Å². The quantitative estimate of drug-likeness (QED) is 0.383. The van der Waals surface area contributed by atoms with Crippen LogP contribution in [0.25, 0.3) is 6.08 Å². The molecule has 0 spiro atoms. The Hall–Kier alpha value is -4.01. The summed E-state index contributed by atoms with van der Waals surface area (Å²) >= 11 is 0. The van der Waals surface area contributed by atoms with Crippen LogP contribution in [-0.4, -0.2) is 29.9 Å². The van der Waals surface area contributed by atoms with E-state index in [1.165, 1.54) is 49.6 Å². The maximum absolute atomic E-state index is 12.7. The summed E-state index contributed by atoms with van der Waals surface area (Å²) in [6.45, 7) is 0. The molecule has 1 saturated heterocycles. The van der Waals surface area contributed by atoms with Gasteiger partial charge in [0, 0.05) is 12.1 Å². The van der Waals surface area contributed by atoms with E-state index in [0.29, 0.717) is 11.3 Å². The van der Waals surface area contributed by atoms with Crippen LogP contribution in [0.2, 0.25) is 0 Å². The van der Waals surface area contributed by atoms with Crippen molar-refractivity contribution in [1.82, 2.24) is 5.32 Å². The first-order chi connectivity index (χ1) is 12.9. The van der Waals surface area contributed by atoms with Crippen LogP contribution < -0.4 is 15.0 Å². The SMILES string of the molecule is COc1ccc(N2C(=O)NC(=O)/C(=C\c3ccc([N+](=O)[O-])cc3)C2=O)cc1. The van der Waals surface area contributed by atoms with Gasteiger partial charge in [-0.25, -0.2) is 9.69 Å². The van der Waals surface area contributed by atoms with Crippen molar-refractivity contribution in [2.24, 2.45) is 0 Å². The lowest BCUT2D eigenvalue weighted by Gasteiger charge is -2.26. The molecular weight excluding hydrogens is 354 g/mol. The number of carbonyl (C=O) groups is 3. The predicted octanol–water partition coefficient (Wildman–Crippen LogP) is 2.27. The third-order valence-electron chi connectivity index (χ3n) is 3.85. The van der Waals surface area contributed by atoms with E-state index >= 15 is 0 Å². The summed E-state index contributed by atoms with van der Waals surface area (Å²) in [7, 11) is 1.48. The topological polar surface area (TPSA) is 119 Å². The summed E-state index contributed by atoms with van der Waals surface area (Å²) in [4.78, 5) is 47.9. The summed E-state index contributed by atoms with van der Waals surface area (Å²) in [6.07, 6.45) is 1.27. The van der Waals surface area contributed by atoms with Gasteiger partial charge >= 0.3 is 6.03 Å². The molecule has 0 unspecified atom stereocenters. The smallest absolute Gasteiger partial charge is 0.335 e. The Labute approximate surface area is 153 Å². The zero-order valence-corrected chi connectivity index (χ0v) is 14.0. The summed E-state index contributed by atoms with van der Waals surface area (Å²) in [5.74, 6) is -1.10. The molecule has 0 aliphatic carbocycles. The summed E-state index contributed by atoms with van der Waals surface area (Å²) in [5.41, 5.74) is 0.286. The monoisotopic (exact) mass is 367 g/mol. The number of nitro groups is 1. The molecule has 27 heavy (non-hydrogen) atoms. The minimum atomic E-state index is -0.865. The highest BCUT2D eigenvalue weighted by molar-refractivity contribution is 6.39. The molecule has 1 fully saturated rings. The number of nitrogens with zero attached hydrogens (tertiary/aromatic N) is 2. The highest BCUT2D eigenvalue weighted by Crippen LogP contribution is 2.24. The van der Waals surface area contributed by atoms with Gasteiger partial charge in [-0.1, -0.05) is 0 Å². The third kappa shape index (κ3) is 3.52. The lowest BCUT2D eigenvalue weighted by Crippen LogP contribution is -2.54. The Balaban J connectivity index is 1.95. The van der Waals surface area contributed by atoms with Gasteiger partial charge in [0.25, 0.3) is 17.5 Å². The van der Waals surface area contributed by atoms with Gasteiger partial charge in [0.1, 0.15) is 11.3 Å². The molecule has 9 heteroatoms. The van der Waals surface area contributed by atoms with Gasteiger partial charge in [-0.3, -0.25) is 25.0 Å². The van der Waals surface area contributed by atoms with Crippen molar-refractivity contribution < 1.29 is 24.0 Å². The number of non-ortho nitro benzene ring substituents is 1. The van der Waals surface area contributed by atoms with Crippen LogP contribution in [0.5, 0.6) is 5.75 Å². The van der Waals surface area contributed by atoms with E-state index in [1.54, 1.807) is 12.1 Å². The van der Waals surface area contributed by atoms with Crippen molar-refractivity contribution in [2.75, 3.05) is 12.0 Å². The Morgan fingerprint density at radius 3 is 2.22 bits per heavy atom. The van der Waals surface area contributed by atoms with Gasteiger partial charge in [-0.2, -0.15) is 0 Å². The van der Waals surface area contributed by atoms with Crippen molar-refractivity contribution in [3.05, 3.63) is 69.8 Å².